The van der Waals surface area contributed by atoms with Gasteiger partial charge in [0.25, 0.3) is 0 Å². The van der Waals surface area contributed by atoms with Crippen LogP contribution in [-0.4, -0.2) is 17.4 Å². The molecule has 1 radical (unpaired) electrons. The first-order valence-electron chi connectivity index (χ1n) is 4.51. The van der Waals surface area contributed by atoms with Crippen LogP contribution in [0.3, 0.4) is 0 Å². The van der Waals surface area contributed by atoms with Crippen LogP contribution in [0.25, 0.3) is 0 Å². The normalized spacial score (nSPS) is 12.3. The van der Waals surface area contributed by atoms with Crippen molar-refractivity contribution in [2.45, 2.75) is 19.6 Å². The van der Waals surface area contributed by atoms with Gasteiger partial charge < -0.3 is 0 Å². The Morgan fingerprint density at radius 3 is 1.73 bits per heavy atom. The van der Waals surface area contributed by atoms with Crippen LogP contribution >= 0.6 is 11.8 Å². The molecule has 0 bridgehead atoms. The van der Waals surface area contributed by atoms with Crippen LogP contribution in [0.4, 0.5) is 0 Å². The highest BCUT2D eigenvalue weighted by atomic mass is 32.2. The Labute approximate surface area is 109 Å². The van der Waals surface area contributed by atoms with Crippen LogP contribution in [0.2, 0.25) is 0 Å². The van der Waals surface area contributed by atoms with Crippen LogP contribution in [0.15, 0.2) is 68.1 Å². The van der Waals surface area contributed by atoms with Crippen molar-refractivity contribution in [1.82, 2.24) is 0 Å². The van der Waals surface area contributed by atoms with E-state index in [1.54, 1.807) is 0 Å². The first-order chi connectivity index (χ1) is 6.93. The monoisotopic (exact) mass is 246 g/mol. The molecule has 0 aliphatic carbocycles. The molecule has 0 saturated heterocycles. The number of fused-ring (bicyclic) bond motifs is 2. The molecule has 2 aromatic carbocycles. The van der Waals surface area contributed by atoms with Crippen molar-refractivity contribution in [2.24, 2.45) is 0 Å². The third kappa shape index (κ3) is 2.12. The van der Waals surface area contributed by atoms with Gasteiger partial charge in [-0.25, -0.2) is 0 Å². The maximum atomic E-state index is 2.21. The van der Waals surface area contributed by atoms with E-state index in [1.165, 1.54) is 31.3 Å². The van der Waals surface area contributed by atoms with Crippen molar-refractivity contribution in [1.29, 1.82) is 0 Å². The summed E-state index contributed by atoms with van der Waals surface area (Å²) in [6, 6.07) is 17.2. The fraction of sp³-hybridized carbons (Fsp3) is 0. The van der Waals surface area contributed by atoms with Crippen LogP contribution < -0.4 is 0 Å². The second-order valence-corrected chi connectivity index (χ2v) is 5.42. The highest BCUT2D eigenvalue weighted by molar-refractivity contribution is 8.00. The van der Waals surface area contributed by atoms with E-state index in [1.807, 2.05) is 11.8 Å². The number of thiol groups is 1. The predicted molar refractivity (Wildman–Crippen MR) is 70.8 cm³/mol. The van der Waals surface area contributed by atoms with Gasteiger partial charge in [0.15, 0.2) is 9.79 Å². The maximum Gasteiger partial charge on any atom is 0.172 e. The average Bonchev–Trinajstić information content (AvgIpc) is 2.26. The van der Waals surface area contributed by atoms with Crippen molar-refractivity contribution in [2.75, 3.05) is 0 Å². The molecule has 0 atom stereocenters. The highest BCUT2D eigenvalue weighted by Gasteiger charge is 2.22. The fourth-order valence-corrected chi connectivity index (χ4v) is 3.89. The maximum absolute atomic E-state index is 2.21. The molecule has 0 fully saturated rings. The Kier molecular flexibility index (Phi) is 3.48. The Balaban J connectivity index is 0.000000853. The summed E-state index contributed by atoms with van der Waals surface area (Å²) < 4.78 is 0. The summed E-state index contributed by atoms with van der Waals surface area (Å²) in [5.74, 6) is 0. The molecule has 1 heterocycles. The summed E-state index contributed by atoms with van der Waals surface area (Å²) >= 11 is 3.22. The predicted octanol–water partition coefficient (Wildman–Crippen LogP) is 2.47. The third-order valence-electron chi connectivity index (χ3n) is 2.19. The van der Waals surface area contributed by atoms with Gasteiger partial charge in [-0.1, -0.05) is 36.0 Å². The van der Waals surface area contributed by atoms with Crippen molar-refractivity contribution in [3.8, 4) is 0 Å². The number of hydrogen-bond donors (Lipinski definition) is 0. The number of benzene rings is 2. The quantitative estimate of drug-likeness (QED) is 0.333. The van der Waals surface area contributed by atoms with Gasteiger partial charge in [-0.2, -0.15) is 0 Å². The number of hydrogen-bond acceptors (Lipinski definition) is 1. The summed E-state index contributed by atoms with van der Waals surface area (Å²) in [6.45, 7) is 0. The van der Waals surface area contributed by atoms with E-state index in [-0.39, 0.29) is 17.4 Å². The van der Waals surface area contributed by atoms with Gasteiger partial charge in [0.05, 0.1) is 9.79 Å². The molecule has 0 nitrogen and oxygen atoms in total. The number of rotatable bonds is 0. The molecule has 0 aromatic heterocycles. The van der Waals surface area contributed by atoms with E-state index in [0.717, 1.165) is 0 Å². The lowest BCUT2D eigenvalue weighted by molar-refractivity contribution is 1.15. The smallest absolute Gasteiger partial charge is 0.0795 e. The summed E-state index contributed by atoms with van der Waals surface area (Å²) in [5.41, 5.74) is 0. The van der Waals surface area contributed by atoms with Crippen LogP contribution in [0.1, 0.15) is 0 Å². The van der Waals surface area contributed by atoms with E-state index < -0.39 is 0 Å². The Morgan fingerprint density at radius 2 is 1.20 bits per heavy atom. The van der Waals surface area contributed by atoms with Gasteiger partial charge in [-0.05, 0) is 24.3 Å². The van der Waals surface area contributed by atoms with Crippen LogP contribution in [-0.2, 0) is 11.8 Å². The van der Waals surface area contributed by atoms with E-state index in [9.17, 15) is 0 Å². The van der Waals surface area contributed by atoms with Gasteiger partial charge in [0.1, 0.15) is 17.4 Å². The first kappa shape index (κ1) is 11.2. The molecule has 15 heavy (non-hydrogen) atoms. The lowest BCUT2D eigenvalue weighted by atomic mass is 10.3. The molecular weight excluding hydrogens is 235 g/mol. The van der Waals surface area contributed by atoms with Crippen LogP contribution in [0, 0.1) is 0 Å². The fourth-order valence-electron chi connectivity index (χ4n) is 1.52. The third-order valence-corrected chi connectivity index (χ3v) is 4.91. The highest BCUT2D eigenvalue weighted by Crippen LogP contribution is 2.40. The second kappa shape index (κ2) is 4.67. The van der Waals surface area contributed by atoms with E-state index in [0.29, 0.717) is 0 Å². The van der Waals surface area contributed by atoms with Gasteiger partial charge in [-0.15, -0.1) is 0 Å². The van der Waals surface area contributed by atoms with Gasteiger partial charge >= 0.3 is 0 Å². The molecule has 2 aromatic rings. The molecule has 0 amide bonds. The molecular formula is C12H11AlS2+. The summed E-state index contributed by atoms with van der Waals surface area (Å²) in [4.78, 5) is 5.65. The average molecular weight is 246 g/mol. The zero-order valence-corrected chi connectivity index (χ0v) is 12.2. The molecule has 0 saturated carbocycles. The van der Waals surface area contributed by atoms with Crippen molar-refractivity contribution in [3.05, 3.63) is 48.5 Å². The molecule has 73 valence electrons. The molecule has 0 N–H and O–H groups in total. The molecule has 0 unspecified atom stereocenters. The van der Waals surface area contributed by atoms with E-state index in [4.69, 9.17) is 0 Å². The van der Waals surface area contributed by atoms with Gasteiger partial charge in [0, 0.05) is 11.8 Å². The largest absolute Gasteiger partial charge is 0.172 e. The lowest BCUT2D eigenvalue weighted by Crippen LogP contribution is -1.95. The SMILES string of the molecule is [AlH2].c1ccc2c(c1)Sc1ccccc1[SH+]2. The Hall–Kier alpha value is -0.328. The lowest BCUT2D eigenvalue weighted by Gasteiger charge is -2.10. The minimum Gasteiger partial charge on any atom is -0.0795 e. The molecule has 3 heteroatoms. The molecule has 0 spiro atoms. The molecule has 1 aliphatic rings. The minimum absolute atomic E-state index is 0. The van der Waals surface area contributed by atoms with Gasteiger partial charge in [-0.3, -0.25) is 0 Å². The second-order valence-electron chi connectivity index (χ2n) is 3.15. The first-order valence-corrected chi connectivity index (χ1v) is 6.22. The Bertz CT molecular complexity index is 395. The van der Waals surface area contributed by atoms with Crippen molar-refractivity contribution in [3.63, 3.8) is 0 Å². The molecule has 1 aliphatic heterocycles. The van der Waals surface area contributed by atoms with Crippen molar-refractivity contribution >= 4 is 40.9 Å². The standard InChI is InChI=1S/C12H8S2.Al.2H/c1-2-6-10-9(5-1)13-11-7-3-4-8-12(11)14-10;;;/h1-8H;;;/p+1. The van der Waals surface area contributed by atoms with E-state index in [2.05, 4.69) is 48.5 Å². The van der Waals surface area contributed by atoms with Gasteiger partial charge in [0.2, 0.25) is 0 Å². The minimum atomic E-state index is 0. The summed E-state index contributed by atoms with van der Waals surface area (Å²) in [5, 5.41) is 0. The Morgan fingerprint density at radius 1 is 0.733 bits per heavy atom. The van der Waals surface area contributed by atoms with Crippen molar-refractivity contribution < 1.29 is 0 Å². The topological polar surface area (TPSA) is 0 Å². The molecule has 3 rings (SSSR count). The zero-order chi connectivity index (χ0) is 9.38. The zero-order valence-electron chi connectivity index (χ0n) is 8.47. The summed E-state index contributed by atoms with van der Waals surface area (Å²) in [7, 11) is 0. The summed E-state index contributed by atoms with van der Waals surface area (Å²) in [6.07, 6.45) is 0. The van der Waals surface area contributed by atoms with E-state index >= 15 is 0 Å². The van der Waals surface area contributed by atoms with Crippen LogP contribution in [0.5, 0.6) is 0 Å².